The smallest absolute Gasteiger partial charge is 0.226 e. The van der Waals surface area contributed by atoms with Crippen molar-refractivity contribution in [3.8, 4) is 11.5 Å². The zero-order chi connectivity index (χ0) is 16.4. The fourth-order valence-corrected chi connectivity index (χ4v) is 3.43. The molecule has 4 nitrogen and oxygen atoms in total. The van der Waals surface area contributed by atoms with Crippen LogP contribution in [0.15, 0.2) is 70.4 Å². The van der Waals surface area contributed by atoms with Crippen molar-refractivity contribution in [2.75, 3.05) is 0 Å². The van der Waals surface area contributed by atoms with Crippen molar-refractivity contribution in [3.05, 3.63) is 71.7 Å². The molecule has 0 radical (unpaired) electrons. The van der Waals surface area contributed by atoms with Crippen molar-refractivity contribution in [1.82, 2.24) is 15.2 Å². The molecule has 2 aromatic heterocycles. The van der Waals surface area contributed by atoms with Crippen LogP contribution in [0.4, 0.5) is 0 Å². The van der Waals surface area contributed by atoms with Gasteiger partial charge in [0.15, 0.2) is 0 Å². The number of hydrogen-bond acceptors (Lipinski definition) is 5. The van der Waals surface area contributed by atoms with Crippen molar-refractivity contribution >= 4 is 34.1 Å². The molecule has 24 heavy (non-hydrogen) atoms. The molecule has 4 aromatic rings. The minimum Gasteiger partial charge on any atom is -0.444 e. The normalized spacial score (nSPS) is 11.0. The van der Waals surface area contributed by atoms with Gasteiger partial charge in [0.05, 0.1) is 11.9 Å². The lowest BCUT2D eigenvalue weighted by Crippen LogP contribution is -1.89. The Morgan fingerprint density at radius 1 is 1.08 bits per heavy atom. The molecule has 0 fully saturated rings. The molecular weight excluding hydrogens is 342 g/mol. The molecule has 0 aliphatic rings. The summed E-state index contributed by atoms with van der Waals surface area (Å²) < 4.78 is 5.56. The van der Waals surface area contributed by atoms with E-state index in [0.717, 1.165) is 27.1 Å². The highest BCUT2D eigenvalue weighted by Crippen LogP contribution is 2.28. The number of fused-ring (bicyclic) bond motifs is 1. The first-order chi connectivity index (χ1) is 11.8. The van der Waals surface area contributed by atoms with Gasteiger partial charge in [-0.1, -0.05) is 53.7 Å². The van der Waals surface area contributed by atoms with Crippen LogP contribution in [0.3, 0.4) is 0 Å². The number of hydrogen-bond donors (Lipinski definition) is 0. The molecule has 0 aliphatic carbocycles. The molecular formula is C18H12ClN3OS. The van der Waals surface area contributed by atoms with Gasteiger partial charge in [-0.05, 0) is 18.2 Å². The zero-order valence-electron chi connectivity index (χ0n) is 12.5. The maximum atomic E-state index is 6.01. The monoisotopic (exact) mass is 353 g/mol. The summed E-state index contributed by atoms with van der Waals surface area (Å²) in [6, 6.07) is 15.5. The van der Waals surface area contributed by atoms with Crippen LogP contribution in [0.2, 0.25) is 5.02 Å². The van der Waals surface area contributed by atoms with Crippen LogP contribution in [-0.2, 0) is 5.75 Å². The predicted molar refractivity (Wildman–Crippen MR) is 96.0 cm³/mol. The highest BCUT2D eigenvalue weighted by molar-refractivity contribution is 7.98. The van der Waals surface area contributed by atoms with E-state index in [2.05, 4.69) is 15.2 Å². The third-order valence-corrected chi connectivity index (χ3v) is 4.77. The molecule has 2 heterocycles. The van der Waals surface area contributed by atoms with Crippen LogP contribution in [0.5, 0.6) is 0 Å². The summed E-state index contributed by atoms with van der Waals surface area (Å²) in [5.41, 5.74) is 1.72. The molecule has 2 aromatic carbocycles. The Labute approximate surface area is 147 Å². The molecule has 0 amide bonds. The SMILES string of the molecule is Clc1cccc(-c2nc(CSc3nncc4ccccc34)co2)c1. The Morgan fingerprint density at radius 2 is 2.00 bits per heavy atom. The zero-order valence-corrected chi connectivity index (χ0v) is 14.1. The fourth-order valence-electron chi connectivity index (χ4n) is 2.38. The fraction of sp³-hybridized carbons (Fsp3) is 0.0556. The Bertz CT molecular complexity index is 997. The van der Waals surface area contributed by atoms with E-state index in [9.17, 15) is 0 Å². The average molecular weight is 354 g/mol. The number of oxazole rings is 1. The van der Waals surface area contributed by atoms with Gasteiger partial charge in [0.1, 0.15) is 11.3 Å². The Morgan fingerprint density at radius 3 is 2.92 bits per heavy atom. The van der Waals surface area contributed by atoms with E-state index in [-0.39, 0.29) is 0 Å². The topological polar surface area (TPSA) is 51.8 Å². The molecule has 0 atom stereocenters. The van der Waals surface area contributed by atoms with Gasteiger partial charge < -0.3 is 4.42 Å². The van der Waals surface area contributed by atoms with Gasteiger partial charge >= 0.3 is 0 Å². The van der Waals surface area contributed by atoms with Gasteiger partial charge in [-0.15, -0.1) is 5.10 Å². The van der Waals surface area contributed by atoms with E-state index in [1.165, 1.54) is 0 Å². The third kappa shape index (κ3) is 3.13. The molecule has 0 aliphatic heterocycles. The minimum atomic E-state index is 0.567. The van der Waals surface area contributed by atoms with E-state index < -0.39 is 0 Å². The van der Waals surface area contributed by atoms with E-state index in [4.69, 9.17) is 16.0 Å². The second-order valence-electron chi connectivity index (χ2n) is 5.18. The van der Waals surface area contributed by atoms with Gasteiger partial charge in [-0.25, -0.2) is 4.98 Å². The summed E-state index contributed by atoms with van der Waals surface area (Å²) in [5, 5.41) is 12.0. The second kappa shape index (κ2) is 6.63. The molecule has 6 heteroatoms. The van der Waals surface area contributed by atoms with Gasteiger partial charge in [0.25, 0.3) is 0 Å². The highest BCUT2D eigenvalue weighted by atomic mass is 35.5. The summed E-state index contributed by atoms with van der Waals surface area (Å²) in [6.45, 7) is 0. The van der Waals surface area contributed by atoms with Gasteiger partial charge in [-0.2, -0.15) is 5.10 Å². The summed E-state index contributed by atoms with van der Waals surface area (Å²) >= 11 is 7.60. The summed E-state index contributed by atoms with van der Waals surface area (Å²) in [5.74, 6) is 1.23. The van der Waals surface area contributed by atoms with Crippen molar-refractivity contribution in [3.63, 3.8) is 0 Å². The Balaban J connectivity index is 1.54. The molecule has 0 saturated carbocycles. The van der Waals surface area contributed by atoms with Gasteiger partial charge in [0.2, 0.25) is 5.89 Å². The summed E-state index contributed by atoms with van der Waals surface area (Å²) in [6.07, 6.45) is 3.44. The highest BCUT2D eigenvalue weighted by Gasteiger charge is 2.09. The van der Waals surface area contributed by atoms with Gasteiger partial charge in [0, 0.05) is 27.1 Å². The number of benzene rings is 2. The van der Waals surface area contributed by atoms with Crippen LogP contribution in [0.25, 0.3) is 22.2 Å². The van der Waals surface area contributed by atoms with Crippen LogP contribution in [0.1, 0.15) is 5.69 Å². The molecule has 0 N–H and O–H groups in total. The van der Waals surface area contributed by atoms with Crippen LogP contribution in [0, 0.1) is 0 Å². The van der Waals surface area contributed by atoms with Gasteiger partial charge in [-0.3, -0.25) is 0 Å². The molecule has 0 bridgehead atoms. The lowest BCUT2D eigenvalue weighted by atomic mass is 10.2. The number of nitrogens with zero attached hydrogens (tertiary/aromatic N) is 3. The molecule has 118 valence electrons. The summed E-state index contributed by atoms with van der Waals surface area (Å²) in [4.78, 5) is 4.52. The molecule has 0 saturated heterocycles. The molecule has 4 rings (SSSR count). The standard InChI is InChI=1S/C18H12ClN3OS/c19-14-6-3-5-12(8-14)17-21-15(10-23-17)11-24-18-16-7-2-1-4-13(16)9-20-22-18/h1-10H,11H2. The Kier molecular flexibility index (Phi) is 4.19. The van der Waals surface area contributed by atoms with Crippen LogP contribution >= 0.6 is 23.4 Å². The van der Waals surface area contributed by atoms with Crippen molar-refractivity contribution < 1.29 is 4.42 Å². The third-order valence-electron chi connectivity index (χ3n) is 3.52. The van der Waals surface area contributed by atoms with Crippen molar-refractivity contribution in [2.45, 2.75) is 10.8 Å². The average Bonchev–Trinajstić information content (AvgIpc) is 3.09. The number of thioether (sulfide) groups is 1. The largest absolute Gasteiger partial charge is 0.444 e. The minimum absolute atomic E-state index is 0.567. The van der Waals surface area contributed by atoms with E-state index in [0.29, 0.717) is 16.7 Å². The molecule has 0 unspecified atom stereocenters. The van der Waals surface area contributed by atoms with E-state index >= 15 is 0 Å². The van der Waals surface area contributed by atoms with E-state index in [1.54, 1.807) is 24.2 Å². The molecule has 0 spiro atoms. The first-order valence-corrected chi connectivity index (χ1v) is 8.69. The van der Waals surface area contributed by atoms with Crippen LogP contribution < -0.4 is 0 Å². The predicted octanol–water partition coefficient (Wildman–Crippen LogP) is 5.23. The lowest BCUT2D eigenvalue weighted by molar-refractivity contribution is 0.573. The van der Waals surface area contributed by atoms with E-state index in [1.807, 2.05) is 48.5 Å². The maximum absolute atomic E-state index is 6.01. The number of aromatic nitrogens is 3. The van der Waals surface area contributed by atoms with Crippen LogP contribution in [-0.4, -0.2) is 15.2 Å². The first-order valence-electron chi connectivity index (χ1n) is 7.33. The van der Waals surface area contributed by atoms with Crippen molar-refractivity contribution in [2.24, 2.45) is 0 Å². The maximum Gasteiger partial charge on any atom is 0.226 e. The number of rotatable bonds is 4. The van der Waals surface area contributed by atoms with Crippen molar-refractivity contribution in [1.29, 1.82) is 0 Å². The quantitative estimate of drug-likeness (QED) is 0.470. The second-order valence-corrected chi connectivity index (χ2v) is 6.58. The number of halogens is 1. The summed E-state index contributed by atoms with van der Waals surface area (Å²) in [7, 11) is 0. The first kappa shape index (κ1) is 15.2. The Hall–Kier alpha value is -2.37. The lowest BCUT2D eigenvalue weighted by Gasteiger charge is -2.02.